The molecule has 5 rings (SSSR count). The van der Waals surface area contributed by atoms with Crippen LogP contribution in [0.3, 0.4) is 0 Å². The minimum absolute atomic E-state index is 0.133. The molecule has 1 aromatic carbocycles. The molecule has 1 heterocycles. The van der Waals surface area contributed by atoms with E-state index in [1.54, 1.807) is 24.3 Å². The van der Waals surface area contributed by atoms with Crippen LogP contribution in [0.5, 0.6) is 0 Å². The second kappa shape index (κ2) is 4.29. The number of hydrogen-bond acceptors (Lipinski definition) is 3. The van der Waals surface area contributed by atoms with Crippen molar-refractivity contribution >= 4 is 17.5 Å². The van der Waals surface area contributed by atoms with Crippen molar-refractivity contribution in [1.82, 2.24) is 0 Å². The fraction of sp³-hybridized carbons (Fsp3) is 0.353. The van der Waals surface area contributed by atoms with Crippen molar-refractivity contribution < 1.29 is 9.59 Å². The van der Waals surface area contributed by atoms with Gasteiger partial charge in [0.15, 0.2) is 0 Å². The first-order valence-electron chi connectivity index (χ1n) is 7.27. The van der Waals surface area contributed by atoms with Gasteiger partial charge in [0.1, 0.15) is 6.07 Å². The fourth-order valence-electron chi connectivity index (χ4n) is 4.07. The number of imide groups is 1. The maximum atomic E-state index is 12.8. The first-order chi connectivity index (χ1) is 10.2. The van der Waals surface area contributed by atoms with Crippen molar-refractivity contribution in [3.8, 4) is 6.07 Å². The van der Waals surface area contributed by atoms with Gasteiger partial charge in [-0.2, -0.15) is 5.26 Å². The highest BCUT2D eigenvalue weighted by molar-refractivity contribution is 6.23. The number of anilines is 1. The lowest BCUT2D eigenvalue weighted by molar-refractivity contribution is -0.124. The molecule has 2 fully saturated rings. The molecule has 2 bridgehead atoms. The minimum atomic E-state index is -0.229. The summed E-state index contributed by atoms with van der Waals surface area (Å²) >= 11 is 0. The third kappa shape index (κ3) is 1.55. The monoisotopic (exact) mass is 278 g/mol. The lowest BCUT2D eigenvalue weighted by Crippen LogP contribution is -2.38. The summed E-state index contributed by atoms with van der Waals surface area (Å²) in [5.74, 6) is -0.370. The molecule has 0 aromatic heterocycles. The number of carbonyl (C=O) groups excluding carboxylic acids is 2. The van der Waals surface area contributed by atoms with E-state index in [9.17, 15) is 14.9 Å². The normalized spacial score (nSPS) is 33.2. The average Bonchev–Trinajstić information content (AvgIpc) is 2.82. The molecular formula is C17H14N2O2. The fourth-order valence-corrected chi connectivity index (χ4v) is 4.07. The van der Waals surface area contributed by atoms with E-state index in [1.807, 2.05) is 0 Å². The number of hydrogen-bond donors (Lipinski definition) is 0. The summed E-state index contributed by atoms with van der Waals surface area (Å²) < 4.78 is 0. The van der Waals surface area contributed by atoms with Gasteiger partial charge in [-0.15, -0.1) is 0 Å². The molecule has 4 heteroatoms. The largest absolute Gasteiger partial charge is 0.274 e. The van der Waals surface area contributed by atoms with Crippen molar-refractivity contribution in [2.45, 2.75) is 12.8 Å². The van der Waals surface area contributed by atoms with E-state index in [2.05, 4.69) is 18.2 Å². The number of para-hydroxylation sites is 1. The molecule has 1 saturated heterocycles. The first-order valence-corrected chi connectivity index (χ1v) is 7.27. The Kier molecular flexibility index (Phi) is 2.52. The van der Waals surface area contributed by atoms with Crippen LogP contribution in [0, 0.1) is 35.0 Å². The summed E-state index contributed by atoms with van der Waals surface area (Å²) in [6.45, 7) is 0. The van der Waals surface area contributed by atoms with Gasteiger partial charge >= 0.3 is 0 Å². The quantitative estimate of drug-likeness (QED) is 0.584. The van der Waals surface area contributed by atoms with E-state index in [-0.39, 0.29) is 35.5 Å². The summed E-state index contributed by atoms with van der Waals surface area (Å²) in [5.41, 5.74) is 0.807. The van der Waals surface area contributed by atoms with Crippen molar-refractivity contribution in [3.63, 3.8) is 0 Å². The molecule has 4 aliphatic rings. The maximum Gasteiger partial charge on any atom is 0.238 e. The van der Waals surface area contributed by atoms with E-state index in [1.165, 1.54) is 4.90 Å². The molecular weight excluding hydrogens is 264 g/mol. The molecule has 0 N–H and O–H groups in total. The van der Waals surface area contributed by atoms with Gasteiger partial charge < -0.3 is 0 Å². The third-order valence-corrected chi connectivity index (χ3v) is 5.02. The average molecular weight is 278 g/mol. The Morgan fingerprint density at radius 1 is 1.00 bits per heavy atom. The van der Waals surface area contributed by atoms with Gasteiger partial charge in [0.2, 0.25) is 11.8 Å². The first kappa shape index (κ1) is 12.3. The highest BCUT2D eigenvalue weighted by Crippen LogP contribution is 2.50. The summed E-state index contributed by atoms with van der Waals surface area (Å²) in [6, 6.07) is 8.89. The Labute approximate surface area is 122 Å². The van der Waals surface area contributed by atoms with Gasteiger partial charge in [0.05, 0.1) is 23.1 Å². The standard InChI is InChI=1S/C17H14N2O2/c18-9-12-3-1-2-4-13(12)19-16(20)14-10-5-6-11(8-7-10)15(14)17(19)21/h1-6,10-11,14-15H,7-8H2/t10-,11+,14-,15-/m0/s1. The molecule has 21 heavy (non-hydrogen) atoms. The van der Waals surface area contributed by atoms with Crippen molar-refractivity contribution in [2.24, 2.45) is 23.7 Å². The summed E-state index contributed by atoms with van der Waals surface area (Å²) in [5, 5.41) is 9.21. The number of amides is 2. The molecule has 4 nitrogen and oxygen atoms in total. The van der Waals surface area contributed by atoms with Gasteiger partial charge in [0.25, 0.3) is 0 Å². The Bertz CT molecular complexity index is 684. The lowest BCUT2D eigenvalue weighted by atomic mass is 9.63. The van der Waals surface area contributed by atoms with Gasteiger partial charge in [0, 0.05) is 0 Å². The summed E-state index contributed by atoms with van der Waals surface area (Å²) in [6.07, 6.45) is 6.16. The van der Waals surface area contributed by atoms with Crippen LogP contribution >= 0.6 is 0 Å². The molecule has 1 saturated carbocycles. The summed E-state index contributed by atoms with van der Waals surface area (Å²) in [4.78, 5) is 26.8. The van der Waals surface area contributed by atoms with Crippen molar-refractivity contribution in [3.05, 3.63) is 42.0 Å². The Morgan fingerprint density at radius 3 is 2.10 bits per heavy atom. The predicted molar refractivity (Wildman–Crippen MR) is 76.0 cm³/mol. The molecule has 0 radical (unpaired) electrons. The van der Waals surface area contributed by atoms with Gasteiger partial charge in [-0.3, -0.25) is 9.59 Å². The molecule has 4 atom stereocenters. The van der Waals surface area contributed by atoms with Crippen LogP contribution < -0.4 is 4.90 Å². The number of carbonyl (C=O) groups is 2. The second-order valence-electron chi connectivity index (χ2n) is 5.98. The van der Waals surface area contributed by atoms with Gasteiger partial charge in [-0.1, -0.05) is 24.3 Å². The van der Waals surface area contributed by atoms with Crippen LogP contribution in [0.15, 0.2) is 36.4 Å². The zero-order chi connectivity index (χ0) is 14.6. The number of benzene rings is 1. The number of allylic oxidation sites excluding steroid dienone is 2. The minimum Gasteiger partial charge on any atom is -0.274 e. The van der Waals surface area contributed by atoms with Crippen LogP contribution in [-0.4, -0.2) is 11.8 Å². The topological polar surface area (TPSA) is 61.2 Å². The molecule has 0 unspecified atom stereocenters. The number of fused-ring (bicyclic) bond motifs is 1. The number of rotatable bonds is 1. The van der Waals surface area contributed by atoms with Gasteiger partial charge in [-0.05, 0) is 36.8 Å². The lowest BCUT2D eigenvalue weighted by Gasteiger charge is -2.38. The Morgan fingerprint density at radius 2 is 1.57 bits per heavy atom. The second-order valence-corrected chi connectivity index (χ2v) is 5.98. The van der Waals surface area contributed by atoms with E-state index >= 15 is 0 Å². The smallest absolute Gasteiger partial charge is 0.238 e. The number of nitriles is 1. The highest BCUT2D eigenvalue weighted by atomic mass is 16.2. The third-order valence-electron chi connectivity index (χ3n) is 5.02. The van der Waals surface area contributed by atoms with Crippen LogP contribution in [0.1, 0.15) is 18.4 Å². The van der Waals surface area contributed by atoms with E-state index < -0.39 is 0 Å². The Balaban J connectivity index is 1.81. The van der Waals surface area contributed by atoms with Crippen LogP contribution in [-0.2, 0) is 9.59 Å². The zero-order valence-electron chi connectivity index (χ0n) is 11.4. The molecule has 0 spiro atoms. The molecule has 2 amide bonds. The molecule has 1 aliphatic heterocycles. The molecule has 3 aliphatic carbocycles. The van der Waals surface area contributed by atoms with E-state index in [0.717, 1.165) is 12.8 Å². The predicted octanol–water partition coefficient (Wildman–Crippen LogP) is 2.26. The maximum absolute atomic E-state index is 12.8. The zero-order valence-corrected chi connectivity index (χ0v) is 11.4. The molecule has 1 aromatic rings. The molecule has 104 valence electrons. The van der Waals surface area contributed by atoms with Crippen LogP contribution in [0.25, 0.3) is 0 Å². The van der Waals surface area contributed by atoms with Crippen molar-refractivity contribution in [1.29, 1.82) is 5.26 Å². The van der Waals surface area contributed by atoms with Crippen LogP contribution in [0.2, 0.25) is 0 Å². The Hall–Kier alpha value is -2.41. The van der Waals surface area contributed by atoms with Crippen LogP contribution in [0.4, 0.5) is 5.69 Å². The SMILES string of the molecule is N#Cc1ccccc1N1C(=O)[C@@H]2[C@@H](C1=O)[C@H]1C=C[C@@H]2CC1. The van der Waals surface area contributed by atoms with E-state index in [4.69, 9.17) is 0 Å². The summed E-state index contributed by atoms with van der Waals surface area (Å²) in [7, 11) is 0. The van der Waals surface area contributed by atoms with Crippen molar-refractivity contribution in [2.75, 3.05) is 4.90 Å². The van der Waals surface area contributed by atoms with Gasteiger partial charge in [-0.25, -0.2) is 4.90 Å². The van der Waals surface area contributed by atoms with E-state index in [0.29, 0.717) is 11.3 Å². The number of nitrogens with zero attached hydrogens (tertiary/aromatic N) is 2. The highest BCUT2D eigenvalue weighted by Gasteiger charge is 2.57.